The van der Waals surface area contributed by atoms with Gasteiger partial charge in [-0.1, -0.05) is 177 Å². The van der Waals surface area contributed by atoms with Gasteiger partial charge in [-0.3, -0.25) is 0 Å². The lowest BCUT2D eigenvalue weighted by molar-refractivity contribution is 0.734. The zero-order chi connectivity index (χ0) is 39.7. The first kappa shape index (κ1) is 34.5. The molecule has 8 aromatic carbocycles. The minimum atomic E-state index is 0.466. The third kappa shape index (κ3) is 5.61. The summed E-state index contributed by atoms with van der Waals surface area (Å²) in [6, 6.07) is 63.0. The molecule has 0 aliphatic heterocycles. The molecule has 2 aliphatic carbocycles. The molecule has 3 heteroatoms. The monoisotopic (exact) mass is 765 g/mol. The third-order valence-electron chi connectivity index (χ3n) is 12.6. The maximum Gasteiger partial charge on any atom is 0.160 e. The van der Waals surface area contributed by atoms with Gasteiger partial charge in [-0.2, -0.15) is 0 Å². The van der Waals surface area contributed by atoms with Crippen LogP contribution >= 0.6 is 0 Å². The fraction of sp³-hybridized carbons (Fsp3) is 0.0702. The molecule has 282 valence electrons. The molecule has 2 heterocycles. The van der Waals surface area contributed by atoms with Crippen molar-refractivity contribution >= 4 is 48.8 Å². The second-order valence-corrected chi connectivity index (χ2v) is 16.3. The molecule has 12 rings (SSSR count). The van der Waals surface area contributed by atoms with Gasteiger partial charge in [0.1, 0.15) is 0 Å². The Kier molecular flexibility index (Phi) is 7.96. The zero-order valence-electron chi connectivity index (χ0n) is 33.2. The largest absolute Gasteiger partial charge is 0.246 e. The molecular weight excluding hydrogens is 727 g/mol. The van der Waals surface area contributed by atoms with Gasteiger partial charge in [-0.15, -0.1) is 0 Å². The van der Waals surface area contributed by atoms with Crippen LogP contribution in [-0.2, 0) is 6.42 Å². The Morgan fingerprint density at radius 3 is 1.77 bits per heavy atom. The first-order valence-corrected chi connectivity index (χ1v) is 21.0. The normalized spacial score (nSPS) is 14.7. The summed E-state index contributed by atoms with van der Waals surface area (Å²) in [6.45, 7) is 2.32. The van der Waals surface area contributed by atoms with Crippen molar-refractivity contribution in [1.82, 2.24) is 15.0 Å². The number of hydrogen-bond donors (Lipinski definition) is 0. The average molecular weight is 766 g/mol. The smallest absolute Gasteiger partial charge is 0.160 e. The Morgan fingerprint density at radius 1 is 0.450 bits per heavy atom. The Morgan fingerprint density at radius 2 is 1.03 bits per heavy atom. The third-order valence-corrected chi connectivity index (χ3v) is 12.6. The van der Waals surface area contributed by atoms with E-state index < -0.39 is 0 Å². The second-order valence-electron chi connectivity index (χ2n) is 16.3. The molecule has 0 fully saturated rings. The van der Waals surface area contributed by atoms with Gasteiger partial charge in [0.15, 0.2) is 5.82 Å². The van der Waals surface area contributed by atoms with Gasteiger partial charge in [0.05, 0.1) is 22.6 Å². The van der Waals surface area contributed by atoms with Gasteiger partial charge in [0.2, 0.25) is 0 Å². The lowest BCUT2D eigenvalue weighted by Crippen LogP contribution is -2.00. The lowest BCUT2D eigenvalue weighted by atomic mass is 9.89. The molecule has 0 amide bonds. The fourth-order valence-corrected chi connectivity index (χ4v) is 9.74. The summed E-state index contributed by atoms with van der Waals surface area (Å²) in [5.74, 6) is 1.17. The Labute approximate surface area is 349 Å². The van der Waals surface area contributed by atoms with Gasteiger partial charge in [-0.25, -0.2) is 15.0 Å². The van der Waals surface area contributed by atoms with Crippen LogP contribution in [0.1, 0.15) is 24.5 Å². The van der Waals surface area contributed by atoms with Crippen LogP contribution < -0.4 is 0 Å². The van der Waals surface area contributed by atoms with E-state index in [1.807, 2.05) is 24.3 Å². The number of rotatable bonds is 5. The molecule has 0 radical (unpaired) electrons. The first-order chi connectivity index (χ1) is 29.6. The van der Waals surface area contributed by atoms with Crippen LogP contribution in [-0.4, -0.2) is 15.0 Å². The molecule has 10 aromatic rings. The number of nitrogens with zero attached hydrogens (tertiary/aromatic N) is 3. The summed E-state index contributed by atoms with van der Waals surface area (Å²) in [7, 11) is 0. The molecule has 3 nitrogen and oxygen atoms in total. The lowest BCUT2D eigenvalue weighted by Gasteiger charge is -2.18. The van der Waals surface area contributed by atoms with E-state index >= 15 is 0 Å². The van der Waals surface area contributed by atoms with Gasteiger partial charge in [-0.05, 0) is 91.5 Å². The number of aromatic nitrogens is 3. The van der Waals surface area contributed by atoms with Gasteiger partial charge in [0, 0.05) is 38.8 Å². The van der Waals surface area contributed by atoms with Crippen molar-refractivity contribution in [3.63, 3.8) is 0 Å². The summed E-state index contributed by atoms with van der Waals surface area (Å²) in [4.78, 5) is 16.0. The van der Waals surface area contributed by atoms with Gasteiger partial charge >= 0.3 is 0 Å². The zero-order valence-corrected chi connectivity index (χ0v) is 33.2. The first-order valence-electron chi connectivity index (χ1n) is 21.0. The van der Waals surface area contributed by atoms with Crippen molar-refractivity contribution < 1.29 is 0 Å². The summed E-state index contributed by atoms with van der Waals surface area (Å²) >= 11 is 0. The number of para-hydroxylation sites is 1. The molecule has 1 atom stereocenters. The van der Waals surface area contributed by atoms with E-state index in [0.29, 0.717) is 11.7 Å². The molecule has 0 spiro atoms. The van der Waals surface area contributed by atoms with E-state index in [9.17, 15) is 0 Å². The number of hydrogen-bond acceptors (Lipinski definition) is 3. The Balaban J connectivity index is 1.08. The van der Waals surface area contributed by atoms with Crippen LogP contribution in [0.3, 0.4) is 0 Å². The average Bonchev–Trinajstić information content (AvgIpc) is 3.70. The highest BCUT2D eigenvalue weighted by molar-refractivity contribution is 6.26. The summed E-state index contributed by atoms with van der Waals surface area (Å²) in [5.41, 5.74) is 15.7. The highest BCUT2D eigenvalue weighted by atomic mass is 14.9. The van der Waals surface area contributed by atoms with Crippen LogP contribution in [0.5, 0.6) is 0 Å². The number of benzene rings is 8. The van der Waals surface area contributed by atoms with Gasteiger partial charge < -0.3 is 0 Å². The van der Waals surface area contributed by atoms with E-state index in [4.69, 9.17) is 15.0 Å². The highest BCUT2D eigenvalue weighted by Gasteiger charge is 2.31. The molecule has 1 unspecified atom stereocenters. The molecule has 0 bridgehead atoms. The molecule has 0 saturated carbocycles. The van der Waals surface area contributed by atoms with Crippen molar-refractivity contribution in [1.29, 1.82) is 0 Å². The Bertz CT molecular complexity index is 3340. The van der Waals surface area contributed by atoms with Crippen molar-refractivity contribution in [3.05, 3.63) is 205 Å². The van der Waals surface area contributed by atoms with E-state index in [1.165, 1.54) is 65.5 Å². The van der Waals surface area contributed by atoms with E-state index in [2.05, 4.69) is 171 Å². The number of fused-ring (bicyclic) bond motifs is 11. The van der Waals surface area contributed by atoms with E-state index in [-0.39, 0.29) is 0 Å². The van der Waals surface area contributed by atoms with Crippen molar-refractivity contribution in [3.8, 4) is 56.3 Å². The molecule has 0 saturated heterocycles. The highest BCUT2D eigenvalue weighted by Crippen LogP contribution is 2.49. The minimum Gasteiger partial charge on any atom is -0.246 e. The van der Waals surface area contributed by atoms with Crippen LogP contribution in [0.2, 0.25) is 0 Å². The number of pyridine rings is 1. The summed E-state index contributed by atoms with van der Waals surface area (Å²) in [5, 5.41) is 8.88. The van der Waals surface area contributed by atoms with Crippen LogP contribution in [0.4, 0.5) is 0 Å². The van der Waals surface area contributed by atoms with Crippen molar-refractivity contribution in [2.75, 3.05) is 0 Å². The topological polar surface area (TPSA) is 38.7 Å². The molecule has 2 aromatic heterocycles. The molecule has 2 aliphatic rings. The maximum atomic E-state index is 5.77. The summed E-state index contributed by atoms with van der Waals surface area (Å²) in [6.07, 6.45) is 6.92. The van der Waals surface area contributed by atoms with Crippen LogP contribution in [0.15, 0.2) is 194 Å². The standard InChI is InChI=1S/C57H39N3/c1-35-26-27-39-33-51-48-25-13-24-42(38-28-29-47-45-22-9-8-20-43(45)44-21-10-11-23-46(44)50(47)32-38)56(48)60-55(54(51)49(39)30-35)41-19-12-18-40(31-41)53-34-52(36-14-4-2-5-15-36)58-57(59-53)37-16-6-3-7-17-37/h2-25,27-32,34-35H,26,33H2,1H3. The predicted molar refractivity (Wildman–Crippen MR) is 251 cm³/mol. The van der Waals surface area contributed by atoms with Crippen LogP contribution in [0.25, 0.3) is 105 Å². The predicted octanol–water partition coefficient (Wildman–Crippen LogP) is 14.7. The van der Waals surface area contributed by atoms with Crippen molar-refractivity contribution in [2.45, 2.75) is 19.8 Å². The number of allylic oxidation sites excluding steroid dienone is 4. The van der Waals surface area contributed by atoms with E-state index in [1.54, 1.807) is 0 Å². The SMILES string of the molecule is CC1C=C2C(=CC1)Cc1c2c(-c2cccc(-c3cc(-c4ccccc4)nc(-c4ccccc4)n3)c2)nc2c(-c3ccc4c5ccccc5c5ccccc5c4c3)cccc12. The van der Waals surface area contributed by atoms with E-state index in [0.717, 1.165) is 63.3 Å². The maximum absolute atomic E-state index is 5.77. The molecule has 0 N–H and O–H groups in total. The molecular formula is C57H39N3. The minimum absolute atomic E-state index is 0.466. The second kappa shape index (κ2) is 13.8. The quantitative estimate of drug-likeness (QED) is 0.164. The Hall–Kier alpha value is -7.49. The molecule has 60 heavy (non-hydrogen) atoms. The fourth-order valence-electron chi connectivity index (χ4n) is 9.74. The van der Waals surface area contributed by atoms with Crippen molar-refractivity contribution in [2.24, 2.45) is 5.92 Å². The van der Waals surface area contributed by atoms with Crippen LogP contribution in [0, 0.1) is 5.92 Å². The van der Waals surface area contributed by atoms with Gasteiger partial charge in [0.25, 0.3) is 0 Å². The summed E-state index contributed by atoms with van der Waals surface area (Å²) < 4.78 is 0.